The molecule has 1 heterocycles. The minimum atomic E-state index is -3.67. The Morgan fingerprint density at radius 1 is 1.03 bits per heavy atom. The molecule has 3 aromatic rings. The van der Waals surface area contributed by atoms with Crippen LogP contribution in [0.1, 0.15) is 60.4 Å². The van der Waals surface area contributed by atoms with Crippen molar-refractivity contribution >= 4 is 10.1 Å². The highest BCUT2D eigenvalue weighted by Gasteiger charge is 2.44. The maximum Gasteiger partial charge on any atom is 0.261 e. The molecule has 0 spiro atoms. The van der Waals surface area contributed by atoms with Gasteiger partial charge < -0.3 is 19.3 Å². The predicted molar refractivity (Wildman–Crippen MR) is 154 cm³/mol. The van der Waals surface area contributed by atoms with Crippen molar-refractivity contribution in [2.75, 3.05) is 33.9 Å². The largest absolute Gasteiger partial charge is 0.436 e. The third kappa shape index (κ3) is 9.54. The van der Waals surface area contributed by atoms with E-state index in [1.807, 2.05) is 43.6 Å². The van der Waals surface area contributed by atoms with Gasteiger partial charge >= 0.3 is 0 Å². The standard InChI is InChI=1S/C29H40N3O2.CH4O3S/c1-30-20-24-16-14-23(15-17-24)18-19-32(2,3)22-27-21-31-28(34-27)29(33,25-10-6-4-7-11-25)26-12-8-5-9-13-26;1-5(2,3)4/h4,6-7,10-11,14-17,21,26,30,33H,5,8-9,12-13,18-20,22H2,1-3H3;1H3,(H,2,3,4)/q+1;. The van der Waals surface area contributed by atoms with Crippen molar-refractivity contribution in [2.45, 2.75) is 57.2 Å². The van der Waals surface area contributed by atoms with E-state index >= 15 is 0 Å². The molecular formula is C30H44N3O5S+. The van der Waals surface area contributed by atoms with E-state index in [2.05, 4.69) is 48.7 Å². The number of rotatable bonds is 10. The van der Waals surface area contributed by atoms with E-state index in [1.54, 1.807) is 0 Å². The third-order valence-corrected chi connectivity index (χ3v) is 7.28. The van der Waals surface area contributed by atoms with Crippen LogP contribution in [0.3, 0.4) is 0 Å². The summed E-state index contributed by atoms with van der Waals surface area (Å²) < 4.78 is 33.0. The lowest BCUT2D eigenvalue weighted by molar-refractivity contribution is -0.904. The van der Waals surface area contributed by atoms with Crippen molar-refractivity contribution in [1.82, 2.24) is 10.3 Å². The van der Waals surface area contributed by atoms with Crippen LogP contribution in [0.25, 0.3) is 0 Å². The zero-order chi connectivity index (χ0) is 28.5. The van der Waals surface area contributed by atoms with Crippen molar-refractivity contribution in [1.29, 1.82) is 0 Å². The molecule has 0 saturated heterocycles. The second kappa shape index (κ2) is 13.7. The highest BCUT2D eigenvalue weighted by atomic mass is 32.2. The van der Waals surface area contributed by atoms with Gasteiger partial charge in [-0.05, 0) is 36.6 Å². The molecule has 214 valence electrons. The predicted octanol–water partition coefficient (Wildman–Crippen LogP) is 4.53. The van der Waals surface area contributed by atoms with Crippen molar-refractivity contribution in [3.8, 4) is 0 Å². The van der Waals surface area contributed by atoms with Crippen LogP contribution in [-0.4, -0.2) is 61.5 Å². The first-order chi connectivity index (χ1) is 18.4. The minimum absolute atomic E-state index is 0.128. The maximum absolute atomic E-state index is 12.0. The first kappa shape index (κ1) is 31.0. The van der Waals surface area contributed by atoms with Gasteiger partial charge in [-0.3, -0.25) is 4.55 Å². The third-order valence-electron chi connectivity index (χ3n) is 7.28. The van der Waals surface area contributed by atoms with Gasteiger partial charge in [0.15, 0.2) is 11.4 Å². The Kier molecular flexibility index (Phi) is 10.9. The number of hydrogen-bond acceptors (Lipinski definition) is 6. The van der Waals surface area contributed by atoms with Crippen LogP contribution in [0.5, 0.6) is 0 Å². The molecule has 39 heavy (non-hydrogen) atoms. The normalized spacial score (nSPS) is 16.3. The van der Waals surface area contributed by atoms with Gasteiger partial charge in [0.05, 0.1) is 33.1 Å². The second-order valence-corrected chi connectivity index (χ2v) is 12.7. The molecular weight excluding hydrogens is 514 g/mol. The van der Waals surface area contributed by atoms with E-state index in [4.69, 9.17) is 8.97 Å². The molecule has 2 aromatic carbocycles. The lowest BCUT2D eigenvalue weighted by Gasteiger charge is -2.36. The van der Waals surface area contributed by atoms with Crippen LogP contribution in [0.15, 0.2) is 65.2 Å². The first-order valence-electron chi connectivity index (χ1n) is 13.6. The number of nitrogens with one attached hydrogen (secondary N) is 1. The topological polar surface area (TPSA) is 113 Å². The highest BCUT2D eigenvalue weighted by Crippen LogP contribution is 2.43. The summed E-state index contributed by atoms with van der Waals surface area (Å²) in [7, 11) is 2.75. The molecule has 3 N–H and O–H groups in total. The number of likely N-dealkylation sites (N-methyl/N-ethyl adjacent to an activating group) is 1. The highest BCUT2D eigenvalue weighted by molar-refractivity contribution is 7.85. The molecule has 1 aliphatic rings. The van der Waals surface area contributed by atoms with Gasteiger partial charge in [0.25, 0.3) is 10.1 Å². The van der Waals surface area contributed by atoms with E-state index in [0.717, 1.165) is 67.5 Å². The molecule has 1 saturated carbocycles. The molecule has 0 amide bonds. The number of oxazole rings is 1. The van der Waals surface area contributed by atoms with Crippen LogP contribution in [0.4, 0.5) is 0 Å². The SMILES string of the molecule is CNCc1ccc(CC[N+](C)(C)Cc2cnc(C(O)(c3ccccc3)C3CCCCC3)o2)cc1.CS(=O)(=O)O. The summed E-state index contributed by atoms with van der Waals surface area (Å²) >= 11 is 0. The Morgan fingerprint density at radius 3 is 2.21 bits per heavy atom. The van der Waals surface area contributed by atoms with Crippen molar-refractivity contribution in [3.63, 3.8) is 0 Å². The minimum Gasteiger partial charge on any atom is -0.436 e. The molecule has 1 fully saturated rings. The first-order valence-corrected chi connectivity index (χ1v) is 15.5. The molecule has 1 atom stereocenters. The lowest BCUT2D eigenvalue weighted by atomic mass is 9.73. The number of nitrogens with zero attached hydrogens (tertiary/aromatic N) is 2. The van der Waals surface area contributed by atoms with E-state index < -0.39 is 15.7 Å². The molecule has 9 heteroatoms. The monoisotopic (exact) mass is 558 g/mol. The molecule has 0 aliphatic heterocycles. The van der Waals surface area contributed by atoms with E-state index in [0.29, 0.717) is 12.1 Å². The van der Waals surface area contributed by atoms with Crippen molar-refractivity contribution in [3.05, 3.63) is 89.1 Å². The summed E-state index contributed by atoms with van der Waals surface area (Å²) in [5.74, 6) is 1.40. The Balaban J connectivity index is 0.000000771. The number of aliphatic hydroxyl groups is 1. The molecule has 1 aliphatic carbocycles. The van der Waals surface area contributed by atoms with E-state index in [-0.39, 0.29) is 5.92 Å². The number of benzene rings is 2. The zero-order valence-electron chi connectivity index (χ0n) is 23.6. The summed E-state index contributed by atoms with van der Waals surface area (Å²) in [6, 6.07) is 18.8. The van der Waals surface area contributed by atoms with Gasteiger partial charge in [0, 0.05) is 18.9 Å². The summed E-state index contributed by atoms with van der Waals surface area (Å²) in [5.41, 5.74) is 2.36. The van der Waals surface area contributed by atoms with Crippen molar-refractivity contribution in [2.24, 2.45) is 5.92 Å². The number of aromatic nitrogens is 1. The zero-order valence-corrected chi connectivity index (χ0v) is 24.5. The summed E-state index contributed by atoms with van der Waals surface area (Å²) in [6.45, 7) is 2.62. The molecule has 4 rings (SSSR count). The number of quaternary nitrogens is 1. The van der Waals surface area contributed by atoms with Crippen LogP contribution in [-0.2, 0) is 35.2 Å². The van der Waals surface area contributed by atoms with Gasteiger partial charge in [-0.1, -0.05) is 73.9 Å². The maximum atomic E-state index is 12.0. The lowest BCUT2D eigenvalue weighted by Crippen LogP contribution is -2.40. The molecule has 1 aromatic heterocycles. The van der Waals surface area contributed by atoms with Crippen LogP contribution < -0.4 is 5.32 Å². The number of hydrogen-bond donors (Lipinski definition) is 3. The van der Waals surface area contributed by atoms with E-state index in [9.17, 15) is 13.5 Å². The summed E-state index contributed by atoms with van der Waals surface area (Å²) in [4.78, 5) is 4.64. The Morgan fingerprint density at radius 2 is 1.62 bits per heavy atom. The molecule has 1 unspecified atom stereocenters. The van der Waals surface area contributed by atoms with Crippen molar-refractivity contribution < 1.29 is 27.0 Å². The quantitative estimate of drug-likeness (QED) is 0.247. The summed E-state index contributed by atoms with van der Waals surface area (Å²) in [5, 5.41) is 15.2. The van der Waals surface area contributed by atoms with Gasteiger partial charge in [-0.15, -0.1) is 0 Å². The van der Waals surface area contributed by atoms with Gasteiger partial charge in [-0.25, -0.2) is 4.98 Å². The fourth-order valence-corrected chi connectivity index (χ4v) is 5.26. The van der Waals surface area contributed by atoms with Crippen LogP contribution >= 0.6 is 0 Å². The van der Waals surface area contributed by atoms with Crippen LogP contribution in [0, 0.1) is 5.92 Å². The van der Waals surface area contributed by atoms with Gasteiger partial charge in [0.1, 0.15) is 6.54 Å². The fraction of sp³-hybridized carbons (Fsp3) is 0.500. The Bertz CT molecular complexity index is 1250. The van der Waals surface area contributed by atoms with E-state index in [1.165, 1.54) is 17.5 Å². The van der Waals surface area contributed by atoms with Crippen LogP contribution in [0.2, 0.25) is 0 Å². The molecule has 8 nitrogen and oxygen atoms in total. The smallest absolute Gasteiger partial charge is 0.261 e. The molecule has 0 bridgehead atoms. The fourth-order valence-electron chi connectivity index (χ4n) is 5.26. The average molecular weight is 559 g/mol. The Labute approximate surface area is 233 Å². The Hall–Kier alpha value is -2.56. The van der Waals surface area contributed by atoms with Gasteiger partial charge in [0.2, 0.25) is 5.89 Å². The second-order valence-electron chi connectivity index (χ2n) is 11.2. The summed E-state index contributed by atoms with van der Waals surface area (Å²) in [6.07, 6.45) is 9.06. The molecule has 0 radical (unpaired) electrons. The van der Waals surface area contributed by atoms with Gasteiger partial charge in [-0.2, -0.15) is 8.42 Å². The average Bonchev–Trinajstić information content (AvgIpc) is 3.36.